The number of aromatic amines is 1. The first-order valence-electron chi connectivity index (χ1n) is 13.1. The molecule has 5 aromatic rings. The summed E-state index contributed by atoms with van der Waals surface area (Å²) in [5.74, 6) is -0.926. The van der Waals surface area contributed by atoms with E-state index in [1.165, 1.54) is 23.9 Å². The van der Waals surface area contributed by atoms with Crippen molar-refractivity contribution in [3.63, 3.8) is 0 Å². The van der Waals surface area contributed by atoms with Crippen LogP contribution in [0.15, 0.2) is 97.1 Å². The third-order valence-electron chi connectivity index (χ3n) is 7.25. The zero-order valence-corrected chi connectivity index (χ0v) is 21.3. The number of para-hydroxylation sites is 1. The number of nitrogens with one attached hydrogen (secondary N) is 3. The van der Waals surface area contributed by atoms with Crippen molar-refractivity contribution in [1.29, 1.82) is 0 Å². The molecule has 39 heavy (non-hydrogen) atoms. The lowest BCUT2D eigenvalue weighted by Crippen LogP contribution is -2.43. The minimum absolute atomic E-state index is 0.0984. The van der Waals surface area contributed by atoms with Crippen molar-refractivity contribution in [2.75, 3.05) is 31.1 Å². The van der Waals surface area contributed by atoms with E-state index in [9.17, 15) is 14.3 Å². The highest BCUT2D eigenvalue weighted by Crippen LogP contribution is 2.32. The molecule has 0 aliphatic carbocycles. The van der Waals surface area contributed by atoms with E-state index < -0.39 is 11.9 Å². The lowest BCUT2D eigenvalue weighted by atomic mass is 10.00. The fraction of sp³-hybridized carbons (Fsp3) is 0.156. The van der Waals surface area contributed by atoms with Gasteiger partial charge < -0.3 is 25.6 Å². The van der Waals surface area contributed by atoms with Crippen molar-refractivity contribution in [3.05, 3.63) is 120 Å². The predicted molar refractivity (Wildman–Crippen MR) is 153 cm³/mol. The fourth-order valence-electron chi connectivity index (χ4n) is 5.17. The number of phenolic OH excluding ortho intramolecular Hbond substituents is 1. The maximum atomic E-state index is 14.2. The third-order valence-corrected chi connectivity index (χ3v) is 7.25. The normalized spacial score (nSPS) is 14.3. The Morgan fingerprint density at radius 1 is 0.872 bits per heavy atom. The molecular formula is C32H29FN4O2. The summed E-state index contributed by atoms with van der Waals surface area (Å²) in [6, 6.07) is 28.4. The van der Waals surface area contributed by atoms with Crippen molar-refractivity contribution >= 4 is 22.5 Å². The predicted octanol–water partition coefficient (Wildman–Crippen LogP) is 5.61. The second-order valence-electron chi connectivity index (χ2n) is 9.79. The van der Waals surface area contributed by atoms with Crippen LogP contribution in [-0.4, -0.2) is 42.2 Å². The number of nitrogens with zero attached hydrogens (tertiary/aromatic N) is 1. The molecule has 6 nitrogen and oxygen atoms in total. The van der Waals surface area contributed by atoms with Gasteiger partial charge in [-0.25, -0.2) is 4.39 Å². The van der Waals surface area contributed by atoms with Crippen LogP contribution in [0.1, 0.15) is 27.7 Å². The fourth-order valence-corrected chi connectivity index (χ4v) is 5.17. The van der Waals surface area contributed by atoms with Crippen molar-refractivity contribution in [2.24, 2.45) is 0 Å². The van der Waals surface area contributed by atoms with Crippen LogP contribution in [0, 0.1) is 5.82 Å². The van der Waals surface area contributed by atoms with Gasteiger partial charge in [0.2, 0.25) is 0 Å². The standard InChI is InChI=1S/C32H29FN4O2/c33-25-10-13-30(38)27(20-25)31(29-19-23-4-1-2-7-28(23)35-29)36-32(39)24-6-3-5-22(18-24)21-8-11-26(12-9-21)37-16-14-34-15-17-37/h1-13,18-20,31,34-35,38H,14-17H2,(H,36,39). The summed E-state index contributed by atoms with van der Waals surface area (Å²) < 4.78 is 14.2. The molecule has 7 heteroatoms. The average molecular weight is 521 g/mol. The molecule has 1 saturated heterocycles. The molecule has 4 N–H and O–H groups in total. The number of benzene rings is 4. The molecule has 1 unspecified atom stereocenters. The summed E-state index contributed by atoms with van der Waals surface area (Å²) >= 11 is 0. The van der Waals surface area contributed by atoms with Crippen LogP contribution in [-0.2, 0) is 0 Å². The number of carbonyl (C=O) groups excluding carboxylic acids is 1. The number of fused-ring (bicyclic) bond motifs is 1. The summed E-state index contributed by atoms with van der Waals surface area (Å²) in [6.45, 7) is 3.92. The number of halogens is 1. The lowest BCUT2D eigenvalue weighted by molar-refractivity contribution is 0.0942. The number of amides is 1. The van der Waals surface area contributed by atoms with E-state index in [0.29, 0.717) is 11.3 Å². The number of piperazine rings is 1. The highest BCUT2D eigenvalue weighted by Gasteiger charge is 2.23. The lowest BCUT2D eigenvalue weighted by Gasteiger charge is -2.29. The zero-order chi connectivity index (χ0) is 26.8. The third kappa shape index (κ3) is 5.22. The van der Waals surface area contributed by atoms with Crippen LogP contribution < -0.4 is 15.5 Å². The molecule has 0 saturated carbocycles. The molecule has 0 radical (unpaired) electrons. The Labute approximate surface area is 226 Å². The number of carbonyl (C=O) groups is 1. The van der Waals surface area contributed by atoms with Gasteiger partial charge in [0.1, 0.15) is 11.6 Å². The Morgan fingerprint density at radius 3 is 2.46 bits per heavy atom. The van der Waals surface area contributed by atoms with Crippen molar-refractivity contribution in [1.82, 2.24) is 15.6 Å². The average Bonchev–Trinajstić information content (AvgIpc) is 3.42. The Morgan fingerprint density at radius 2 is 1.67 bits per heavy atom. The molecule has 1 aliphatic rings. The van der Waals surface area contributed by atoms with Gasteiger partial charge in [0.05, 0.1) is 6.04 Å². The van der Waals surface area contributed by atoms with Gasteiger partial charge in [-0.05, 0) is 71.1 Å². The van der Waals surface area contributed by atoms with Gasteiger partial charge in [-0.1, -0.05) is 42.5 Å². The largest absolute Gasteiger partial charge is 0.508 e. The Balaban J connectivity index is 1.29. The van der Waals surface area contributed by atoms with Gasteiger partial charge in [0, 0.05) is 54.2 Å². The van der Waals surface area contributed by atoms with E-state index in [-0.39, 0.29) is 17.2 Å². The number of H-pyrrole nitrogens is 1. The van der Waals surface area contributed by atoms with E-state index in [1.54, 1.807) is 6.07 Å². The van der Waals surface area contributed by atoms with Gasteiger partial charge in [-0.2, -0.15) is 0 Å². The van der Waals surface area contributed by atoms with Gasteiger partial charge in [-0.15, -0.1) is 0 Å². The zero-order valence-electron chi connectivity index (χ0n) is 21.3. The SMILES string of the molecule is O=C(NC(c1cc2ccccc2[nH]1)c1cc(F)ccc1O)c1cccc(-c2ccc(N3CCNCC3)cc2)c1. The molecule has 0 spiro atoms. The van der Waals surface area contributed by atoms with Crippen LogP contribution in [0.2, 0.25) is 0 Å². The number of hydrogen-bond donors (Lipinski definition) is 4. The van der Waals surface area contributed by atoms with Gasteiger partial charge in [-0.3, -0.25) is 4.79 Å². The van der Waals surface area contributed by atoms with Gasteiger partial charge in [0.15, 0.2) is 0 Å². The number of hydrogen-bond acceptors (Lipinski definition) is 4. The van der Waals surface area contributed by atoms with Gasteiger partial charge in [0.25, 0.3) is 5.91 Å². The molecule has 2 heterocycles. The molecule has 1 aromatic heterocycles. The molecule has 196 valence electrons. The van der Waals surface area contributed by atoms with E-state index in [2.05, 4.69) is 44.8 Å². The van der Waals surface area contributed by atoms with Crippen LogP contribution in [0.5, 0.6) is 5.75 Å². The topological polar surface area (TPSA) is 80.4 Å². The summed E-state index contributed by atoms with van der Waals surface area (Å²) in [5.41, 5.74) is 5.39. The summed E-state index contributed by atoms with van der Waals surface area (Å²) in [5, 5.41) is 17.9. The maximum absolute atomic E-state index is 14.2. The van der Waals surface area contributed by atoms with Gasteiger partial charge >= 0.3 is 0 Å². The summed E-state index contributed by atoms with van der Waals surface area (Å²) in [7, 11) is 0. The molecule has 6 rings (SSSR count). The number of rotatable bonds is 6. The second-order valence-corrected chi connectivity index (χ2v) is 9.79. The molecule has 1 atom stereocenters. The maximum Gasteiger partial charge on any atom is 0.252 e. The Bertz CT molecular complexity index is 1590. The van der Waals surface area contributed by atoms with Crippen molar-refractivity contribution < 1.29 is 14.3 Å². The van der Waals surface area contributed by atoms with E-state index in [1.807, 2.05) is 48.5 Å². The molecular weight excluding hydrogens is 491 g/mol. The quantitative estimate of drug-likeness (QED) is 0.235. The minimum Gasteiger partial charge on any atom is -0.508 e. The van der Waals surface area contributed by atoms with E-state index in [4.69, 9.17) is 0 Å². The van der Waals surface area contributed by atoms with Crippen LogP contribution in [0.25, 0.3) is 22.0 Å². The van der Waals surface area contributed by atoms with Crippen LogP contribution in [0.4, 0.5) is 10.1 Å². The molecule has 1 aliphatic heterocycles. The first-order valence-corrected chi connectivity index (χ1v) is 13.1. The first-order chi connectivity index (χ1) is 19.0. The van der Waals surface area contributed by atoms with Crippen LogP contribution in [0.3, 0.4) is 0 Å². The Hall–Kier alpha value is -4.62. The smallest absolute Gasteiger partial charge is 0.252 e. The highest BCUT2D eigenvalue weighted by atomic mass is 19.1. The second kappa shape index (κ2) is 10.6. The van der Waals surface area contributed by atoms with E-state index in [0.717, 1.165) is 48.2 Å². The van der Waals surface area contributed by atoms with Crippen molar-refractivity contribution in [3.8, 4) is 16.9 Å². The van der Waals surface area contributed by atoms with E-state index >= 15 is 0 Å². The highest BCUT2D eigenvalue weighted by molar-refractivity contribution is 5.96. The molecule has 0 bridgehead atoms. The summed E-state index contributed by atoms with van der Waals surface area (Å²) in [6.07, 6.45) is 0. The van der Waals surface area contributed by atoms with Crippen molar-refractivity contribution in [2.45, 2.75) is 6.04 Å². The number of aromatic nitrogens is 1. The molecule has 1 fully saturated rings. The molecule has 1 amide bonds. The molecule has 4 aromatic carbocycles. The minimum atomic E-state index is -0.789. The number of anilines is 1. The monoisotopic (exact) mass is 520 g/mol. The Kier molecular flexibility index (Phi) is 6.73. The summed E-state index contributed by atoms with van der Waals surface area (Å²) in [4.78, 5) is 19.2. The number of phenols is 1. The number of aromatic hydroxyl groups is 1. The van der Waals surface area contributed by atoms with Crippen LogP contribution >= 0.6 is 0 Å². The first kappa shape index (κ1) is 24.7.